The molecule has 2 aromatic carbocycles. The molecular formula is C24H26FN3O. The molecule has 150 valence electrons. The molecule has 5 heteroatoms. The number of hydrogen-bond acceptors (Lipinski definition) is 3. The maximum absolute atomic E-state index is 14.0. The van der Waals surface area contributed by atoms with Crippen molar-refractivity contribution in [2.75, 3.05) is 18.4 Å². The van der Waals surface area contributed by atoms with Gasteiger partial charge in [0.1, 0.15) is 5.82 Å². The summed E-state index contributed by atoms with van der Waals surface area (Å²) in [4.78, 5) is 19.5. The number of piperidine rings is 1. The van der Waals surface area contributed by atoms with Crippen LogP contribution in [0.2, 0.25) is 0 Å². The molecule has 1 aliphatic rings. The first-order valence-electron chi connectivity index (χ1n) is 10.3. The van der Waals surface area contributed by atoms with E-state index in [0.29, 0.717) is 28.7 Å². The molecule has 4 rings (SSSR count). The molecule has 2 heterocycles. The van der Waals surface area contributed by atoms with Gasteiger partial charge in [-0.05, 0) is 55.0 Å². The molecule has 0 aliphatic carbocycles. The van der Waals surface area contributed by atoms with E-state index in [4.69, 9.17) is 0 Å². The van der Waals surface area contributed by atoms with Crippen molar-refractivity contribution in [3.63, 3.8) is 0 Å². The Morgan fingerprint density at radius 2 is 1.79 bits per heavy atom. The van der Waals surface area contributed by atoms with Crippen LogP contribution in [0.5, 0.6) is 0 Å². The van der Waals surface area contributed by atoms with Gasteiger partial charge in [0.25, 0.3) is 5.91 Å². The maximum atomic E-state index is 14.0. The fraction of sp³-hybridized carbons (Fsp3) is 0.333. The molecule has 1 amide bonds. The van der Waals surface area contributed by atoms with E-state index in [1.165, 1.54) is 17.7 Å². The lowest BCUT2D eigenvalue weighted by Gasteiger charge is -2.27. The van der Waals surface area contributed by atoms with Crippen molar-refractivity contribution in [2.24, 2.45) is 0 Å². The van der Waals surface area contributed by atoms with Crippen LogP contribution in [0, 0.1) is 5.82 Å². The average molecular weight is 391 g/mol. The average Bonchev–Trinajstić information content (AvgIpc) is 2.77. The van der Waals surface area contributed by atoms with Crippen molar-refractivity contribution in [2.45, 2.75) is 39.2 Å². The van der Waals surface area contributed by atoms with E-state index in [0.717, 1.165) is 44.3 Å². The second kappa shape index (κ2) is 8.60. The van der Waals surface area contributed by atoms with Gasteiger partial charge in [-0.2, -0.15) is 0 Å². The summed E-state index contributed by atoms with van der Waals surface area (Å²) in [6.45, 7) is 4.21. The van der Waals surface area contributed by atoms with Crippen LogP contribution in [0.1, 0.15) is 47.7 Å². The molecule has 0 bridgehead atoms. The highest BCUT2D eigenvalue weighted by Crippen LogP contribution is 2.29. The molecule has 0 atom stereocenters. The van der Waals surface area contributed by atoms with Gasteiger partial charge in [-0.1, -0.05) is 31.2 Å². The number of aromatic nitrogens is 1. The first kappa shape index (κ1) is 19.4. The van der Waals surface area contributed by atoms with Gasteiger partial charge in [-0.25, -0.2) is 4.39 Å². The second-order valence-corrected chi connectivity index (χ2v) is 7.58. The number of rotatable bonds is 5. The largest absolute Gasteiger partial charge is 0.380 e. The number of likely N-dealkylation sites (tertiary alicyclic amines) is 1. The molecule has 0 saturated carbocycles. The summed E-state index contributed by atoms with van der Waals surface area (Å²) in [6, 6.07) is 12.9. The molecule has 1 fully saturated rings. The fourth-order valence-electron chi connectivity index (χ4n) is 3.87. The Balaban J connectivity index is 1.69. The Kier molecular flexibility index (Phi) is 5.74. The Hall–Kier alpha value is -2.95. The zero-order valence-corrected chi connectivity index (χ0v) is 16.7. The van der Waals surface area contributed by atoms with E-state index in [1.807, 2.05) is 4.90 Å². The highest BCUT2D eigenvalue weighted by molar-refractivity contribution is 6.07. The normalized spacial score (nSPS) is 14.2. The topological polar surface area (TPSA) is 45.2 Å². The molecule has 4 nitrogen and oxygen atoms in total. The van der Waals surface area contributed by atoms with Crippen molar-refractivity contribution in [3.8, 4) is 0 Å². The summed E-state index contributed by atoms with van der Waals surface area (Å²) < 4.78 is 14.0. The molecule has 0 radical (unpaired) electrons. The number of fused-ring (bicyclic) bond motifs is 1. The number of carbonyl (C=O) groups is 1. The van der Waals surface area contributed by atoms with Crippen molar-refractivity contribution < 1.29 is 9.18 Å². The summed E-state index contributed by atoms with van der Waals surface area (Å²) in [5.74, 6) is -0.371. The predicted molar refractivity (Wildman–Crippen MR) is 115 cm³/mol. The number of anilines is 1. The minimum absolute atomic E-state index is 0.0350. The van der Waals surface area contributed by atoms with Gasteiger partial charge in [-0.3, -0.25) is 9.78 Å². The number of carbonyl (C=O) groups excluding carboxylic acids is 1. The number of nitrogens with zero attached hydrogens (tertiary/aromatic N) is 2. The predicted octanol–water partition coefficient (Wildman–Crippen LogP) is 5.17. The first-order chi connectivity index (χ1) is 14.2. The van der Waals surface area contributed by atoms with Crippen LogP contribution in [0.25, 0.3) is 10.9 Å². The monoisotopic (exact) mass is 391 g/mol. The SMILES string of the molecule is CCc1ccc(CNc2c(C(=O)N3CCCCC3)cnc3ccc(F)cc23)cc1. The molecular weight excluding hydrogens is 365 g/mol. The number of nitrogens with one attached hydrogen (secondary N) is 1. The number of benzene rings is 2. The Morgan fingerprint density at radius 1 is 1.07 bits per heavy atom. The minimum Gasteiger partial charge on any atom is -0.380 e. The number of amides is 1. The van der Waals surface area contributed by atoms with E-state index >= 15 is 0 Å². The smallest absolute Gasteiger partial charge is 0.257 e. The number of hydrogen-bond donors (Lipinski definition) is 1. The van der Waals surface area contributed by atoms with Gasteiger partial charge < -0.3 is 10.2 Å². The lowest BCUT2D eigenvalue weighted by molar-refractivity contribution is 0.0725. The first-order valence-corrected chi connectivity index (χ1v) is 10.3. The van der Waals surface area contributed by atoms with Crippen molar-refractivity contribution in [1.29, 1.82) is 0 Å². The van der Waals surface area contributed by atoms with Gasteiger partial charge in [0.2, 0.25) is 0 Å². The van der Waals surface area contributed by atoms with Gasteiger partial charge in [0, 0.05) is 31.2 Å². The van der Waals surface area contributed by atoms with Crippen molar-refractivity contribution in [1.82, 2.24) is 9.88 Å². The third-order valence-electron chi connectivity index (χ3n) is 5.60. The molecule has 0 spiro atoms. The maximum Gasteiger partial charge on any atom is 0.257 e. The van der Waals surface area contributed by atoms with Gasteiger partial charge in [0.05, 0.1) is 16.8 Å². The lowest BCUT2D eigenvalue weighted by atomic mass is 10.0. The van der Waals surface area contributed by atoms with Gasteiger partial charge in [-0.15, -0.1) is 0 Å². The number of pyridine rings is 1. The van der Waals surface area contributed by atoms with Crippen LogP contribution in [0.15, 0.2) is 48.7 Å². The van der Waals surface area contributed by atoms with Crippen LogP contribution in [-0.2, 0) is 13.0 Å². The van der Waals surface area contributed by atoms with Crippen LogP contribution >= 0.6 is 0 Å². The molecule has 3 aromatic rings. The Labute approximate surface area is 170 Å². The van der Waals surface area contributed by atoms with E-state index in [-0.39, 0.29) is 11.7 Å². The molecule has 1 aliphatic heterocycles. The Bertz CT molecular complexity index is 1010. The summed E-state index contributed by atoms with van der Waals surface area (Å²) in [7, 11) is 0. The number of halogens is 1. The van der Waals surface area contributed by atoms with Crippen molar-refractivity contribution in [3.05, 3.63) is 71.2 Å². The second-order valence-electron chi connectivity index (χ2n) is 7.58. The molecule has 29 heavy (non-hydrogen) atoms. The zero-order chi connectivity index (χ0) is 20.2. The third kappa shape index (κ3) is 4.24. The summed E-state index contributed by atoms with van der Waals surface area (Å²) in [6.07, 6.45) is 5.82. The van der Waals surface area contributed by atoms with Crippen LogP contribution < -0.4 is 5.32 Å². The Morgan fingerprint density at radius 3 is 2.52 bits per heavy atom. The molecule has 1 saturated heterocycles. The standard InChI is InChI=1S/C24H26FN3O/c1-2-17-6-8-18(9-7-17)15-27-23-20-14-19(25)10-11-22(20)26-16-21(23)24(29)28-12-4-3-5-13-28/h6-11,14,16H,2-5,12-13,15H2,1H3,(H,26,27). The third-order valence-corrected chi connectivity index (χ3v) is 5.60. The summed E-state index contributed by atoms with van der Waals surface area (Å²) in [5.41, 5.74) is 4.23. The molecule has 1 N–H and O–H groups in total. The van der Waals surface area contributed by atoms with E-state index < -0.39 is 0 Å². The van der Waals surface area contributed by atoms with Crippen LogP contribution in [0.3, 0.4) is 0 Å². The highest BCUT2D eigenvalue weighted by atomic mass is 19.1. The van der Waals surface area contributed by atoms with Gasteiger partial charge >= 0.3 is 0 Å². The van der Waals surface area contributed by atoms with E-state index in [1.54, 1.807) is 12.3 Å². The highest BCUT2D eigenvalue weighted by Gasteiger charge is 2.23. The zero-order valence-electron chi connectivity index (χ0n) is 16.7. The van der Waals surface area contributed by atoms with E-state index in [9.17, 15) is 9.18 Å². The van der Waals surface area contributed by atoms with Gasteiger partial charge in [0.15, 0.2) is 0 Å². The summed E-state index contributed by atoms with van der Waals surface area (Å²) >= 11 is 0. The molecule has 0 unspecified atom stereocenters. The minimum atomic E-state index is -0.336. The quantitative estimate of drug-likeness (QED) is 0.652. The van der Waals surface area contributed by atoms with Crippen LogP contribution in [-0.4, -0.2) is 28.9 Å². The van der Waals surface area contributed by atoms with E-state index in [2.05, 4.69) is 41.5 Å². The summed E-state index contributed by atoms with van der Waals surface area (Å²) in [5, 5.41) is 4.04. The fourth-order valence-corrected chi connectivity index (χ4v) is 3.87. The molecule has 1 aromatic heterocycles. The van der Waals surface area contributed by atoms with Crippen molar-refractivity contribution >= 4 is 22.5 Å². The lowest BCUT2D eigenvalue weighted by Crippen LogP contribution is -2.36. The number of aryl methyl sites for hydroxylation is 1. The van der Waals surface area contributed by atoms with Crippen LogP contribution in [0.4, 0.5) is 10.1 Å².